The van der Waals surface area contributed by atoms with Crippen molar-refractivity contribution in [3.63, 3.8) is 0 Å². The third-order valence-electron chi connectivity index (χ3n) is 4.01. The number of hydrogen-bond donors (Lipinski definition) is 1. The molecule has 0 amide bonds. The Morgan fingerprint density at radius 2 is 2.20 bits per heavy atom. The van der Waals surface area contributed by atoms with Crippen LogP contribution in [-0.2, 0) is 4.79 Å². The van der Waals surface area contributed by atoms with E-state index >= 15 is 0 Å². The zero-order valence-corrected chi connectivity index (χ0v) is 12.4. The summed E-state index contributed by atoms with van der Waals surface area (Å²) < 4.78 is 0. The average molecular weight is 291 g/mol. The first-order valence-corrected chi connectivity index (χ1v) is 7.61. The molecule has 106 valence electrons. The molecular formula is C14H17N3O2S. The molecule has 3 rings (SSSR count). The molecule has 0 bridgehead atoms. The molecule has 5 nitrogen and oxygen atoms in total. The van der Waals surface area contributed by atoms with Gasteiger partial charge in [-0.1, -0.05) is 0 Å². The van der Waals surface area contributed by atoms with Crippen molar-refractivity contribution in [2.24, 2.45) is 0 Å². The molecule has 1 N–H and O–H groups in total. The summed E-state index contributed by atoms with van der Waals surface area (Å²) in [7, 11) is 0. The lowest BCUT2D eigenvalue weighted by atomic mass is 10.0. The summed E-state index contributed by atoms with van der Waals surface area (Å²) in [4.78, 5) is 24.3. The minimum atomic E-state index is -0.763. The van der Waals surface area contributed by atoms with E-state index in [4.69, 9.17) is 0 Å². The fraction of sp³-hybridized carbons (Fsp3) is 0.500. The zero-order valence-electron chi connectivity index (χ0n) is 11.6. The van der Waals surface area contributed by atoms with E-state index < -0.39 is 12.0 Å². The second-order valence-corrected chi connectivity index (χ2v) is 6.41. The number of thiophene rings is 1. The normalized spacial score (nSPS) is 19.5. The SMILES string of the molecule is Cc1sc2ncnc(N3CCCCC3C(=O)O)c2c1C. The van der Waals surface area contributed by atoms with Crippen molar-refractivity contribution in [3.05, 3.63) is 16.8 Å². The van der Waals surface area contributed by atoms with Gasteiger partial charge in [0.05, 0.1) is 5.39 Å². The maximum atomic E-state index is 11.5. The van der Waals surface area contributed by atoms with Crippen molar-refractivity contribution in [2.75, 3.05) is 11.4 Å². The molecule has 2 aromatic rings. The molecule has 1 atom stereocenters. The number of carboxylic acid groups (broad SMARTS) is 1. The standard InChI is InChI=1S/C14H17N3O2S/c1-8-9(2)20-13-11(8)12(15-7-16-13)17-6-4-3-5-10(17)14(18)19/h7,10H,3-6H2,1-2H3,(H,18,19). The monoisotopic (exact) mass is 291 g/mol. The van der Waals surface area contributed by atoms with Gasteiger partial charge in [-0.25, -0.2) is 14.8 Å². The summed E-state index contributed by atoms with van der Waals surface area (Å²) >= 11 is 1.64. The maximum absolute atomic E-state index is 11.5. The fourth-order valence-electron chi connectivity index (χ4n) is 2.82. The van der Waals surface area contributed by atoms with E-state index in [9.17, 15) is 9.90 Å². The molecule has 1 unspecified atom stereocenters. The zero-order chi connectivity index (χ0) is 14.3. The second kappa shape index (κ2) is 5.01. The number of piperidine rings is 1. The molecule has 1 saturated heterocycles. The number of anilines is 1. The highest BCUT2D eigenvalue weighted by Gasteiger charge is 2.31. The fourth-order valence-corrected chi connectivity index (χ4v) is 3.81. The van der Waals surface area contributed by atoms with Gasteiger partial charge >= 0.3 is 5.97 Å². The number of aryl methyl sites for hydroxylation is 2. The molecule has 2 aromatic heterocycles. The second-order valence-electron chi connectivity index (χ2n) is 5.20. The summed E-state index contributed by atoms with van der Waals surface area (Å²) in [6.07, 6.45) is 4.20. The number of aromatic nitrogens is 2. The smallest absolute Gasteiger partial charge is 0.326 e. The van der Waals surface area contributed by atoms with E-state index in [1.54, 1.807) is 17.7 Å². The maximum Gasteiger partial charge on any atom is 0.326 e. The number of hydrogen-bond acceptors (Lipinski definition) is 5. The van der Waals surface area contributed by atoms with Gasteiger partial charge in [0.2, 0.25) is 0 Å². The molecule has 0 radical (unpaired) electrons. The third-order valence-corrected chi connectivity index (χ3v) is 5.12. The largest absolute Gasteiger partial charge is 0.480 e. The highest BCUT2D eigenvalue weighted by atomic mass is 32.1. The quantitative estimate of drug-likeness (QED) is 0.921. The predicted octanol–water partition coefficient (Wildman–Crippen LogP) is 2.75. The number of nitrogens with zero attached hydrogens (tertiary/aromatic N) is 3. The molecule has 1 aliphatic rings. The van der Waals surface area contributed by atoms with Crippen molar-refractivity contribution in [1.29, 1.82) is 0 Å². The van der Waals surface area contributed by atoms with E-state index in [0.717, 1.165) is 41.0 Å². The Labute approximate surface area is 121 Å². The van der Waals surface area contributed by atoms with Crippen LogP contribution in [0.5, 0.6) is 0 Å². The number of fused-ring (bicyclic) bond motifs is 1. The summed E-state index contributed by atoms with van der Waals surface area (Å²) in [6, 6.07) is -0.471. The van der Waals surface area contributed by atoms with Crippen LogP contribution in [0.3, 0.4) is 0 Å². The van der Waals surface area contributed by atoms with Gasteiger partial charge < -0.3 is 10.0 Å². The van der Waals surface area contributed by atoms with E-state index in [1.165, 1.54) is 4.88 Å². The van der Waals surface area contributed by atoms with Crippen molar-refractivity contribution in [1.82, 2.24) is 9.97 Å². The Morgan fingerprint density at radius 3 is 2.95 bits per heavy atom. The topological polar surface area (TPSA) is 66.3 Å². The molecule has 0 saturated carbocycles. The summed E-state index contributed by atoms with van der Waals surface area (Å²) in [6.45, 7) is 4.87. The Bertz CT molecular complexity index is 668. The van der Waals surface area contributed by atoms with Crippen LogP contribution in [0.1, 0.15) is 29.7 Å². The lowest BCUT2D eigenvalue weighted by Gasteiger charge is -2.34. The first-order chi connectivity index (χ1) is 9.59. The van der Waals surface area contributed by atoms with Gasteiger partial charge in [-0.3, -0.25) is 0 Å². The average Bonchev–Trinajstić information content (AvgIpc) is 2.74. The van der Waals surface area contributed by atoms with Crippen molar-refractivity contribution >= 4 is 33.3 Å². The summed E-state index contributed by atoms with van der Waals surface area (Å²) in [5, 5.41) is 10.5. The van der Waals surface area contributed by atoms with Crippen LogP contribution < -0.4 is 4.90 Å². The number of rotatable bonds is 2. The first-order valence-electron chi connectivity index (χ1n) is 6.79. The Kier molecular flexibility index (Phi) is 3.33. The van der Waals surface area contributed by atoms with Gasteiger partial charge in [0.1, 0.15) is 23.0 Å². The van der Waals surface area contributed by atoms with Crippen LogP contribution in [0.25, 0.3) is 10.2 Å². The lowest BCUT2D eigenvalue weighted by molar-refractivity contribution is -0.139. The Hall–Kier alpha value is -1.69. The van der Waals surface area contributed by atoms with Crippen LogP contribution in [0, 0.1) is 13.8 Å². The van der Waals surface area contributed by atoms with E-state index in [1.807, 2.05) is 4.90 Å². The number of carboxylic acids is 1. The van der Waals surface area contributed by atoms with Gasteiger partial charge in [-0.05, 0) is 38.7 Å². The molecule has 1 aliphatic heterocycles. The third kappa shape index (κ3) is 2.04. The summed E-state index contributed by atoms with van der Waals surface area (Å²) in [5.41, 5.74) is 1.16. The molecule has 0 spiro atoms. The highest BCUT2D eigenvalue weighted by molar-refractivity contribution is 7.18. The van der Waals surface area contributed by atoms with Gasteiger partial charge in [0, 0.05) is 11.4 Å². The molecular weight excluding hydrogens is 274 g/mol. The molecule has 6 heteroatoms. The van der Waals surface area contributed by atoms with E-state index in [0.29, 0.717) is 6.42 Å². The molecule has 1 fully saturated rings. The van der Waals surface area contributed by atoms with Gasteiger partial charge in [0.15, 0.2) is 0 Å². The van der Waals surface area contributed by atoms with Crippen LogP contribution in [0.4, 0.5) is 5.82 Å². The number of aliphatic carboxylic acids is 1. The Balaban J connectivity index is 2.15. The van der Waals surface area contributed by atoms with Gasteiger partial charge in [-0.15, -0.1) is 11.3 Å². The lowest BCUT2D eigenvalue weighted by Crippen LogP contribution is -2.45. The van der Waals surface area contributed by atoms with Gasteiger partial charge in [-0.2, -0.15) is 0 Å². The van der Waals surface area contributed by atoms with Crippen LogP contribution in [0.2, 0.25) is 0 Å². The molecule has 0 aromatic carbocycles. The minimum Gasteiger partial charge on any atom is -0.480 e. The predicted molar refractivity (Wildman–Crippen MR) is 79.5 cm³/mol. The summed E-state index contributed by atoms with van der Waals surface area (Å²) in [5.74, 6) is 0.0185. The first kappa shape index (κ1) is 13.3. The minimum absolute atomic E-state index is 0.471. The van der Waals surface area contributed by atoms with Crippen LogP contribution >= 0.6 is 11.3 Å². The Morgan fingerprint density at radius 1 is 1.40 bits per heavy atom. The van der Waals surface area contributed by atoms with Crippen LogP contribution in [-0.4, -0.2) is 33.6 Å². The van der Waals surface area contributed by atoms with E-state index in [-0.39, 0.29) is 0 Å². The van der Waals surface area contributed by atoms with Gasteiger partial charge in [0.25, 0.3) is 0 Å². The molecule has 20 heavy (non-hydrogen) atoms. The number of carbonyl (C=O) groups is 1. The highest BCUT2D eigenvalue weighted by Crippen LogP contribution is 2.36. The van der Waals surface area contributed by atoms with Crippen molar-refractivity contribution in [3.8, 4) is 0 Å². The van der Waals surface area contributed by atoms with E-state index in [2.05, 4.69) is 23.8 Å². The molecule has 0 aliphatic carbocycles. The van der Waals surface area contributed by atoms with Crippen LogP contribution in [0.15, 0.2) is 6.33 Å². The van der Waals surface area contributed by atoms with Crippen molar-refractivity contribution in [2.45, 2.75) is 39.2 Å². The van der Waals surface area contributed by atoms with Crippen molar-refractivity contribution < 1.29 is 9.90 Å². The molecule has 3 heterocycles.